The van der Waals surface area contributed by atoms with Crippen molar-refractivity contribution in [3.63, 3.8) is 0 Å². The molecule has 0 bridgehead atoms. The van der Waals surface area contributed by atoms with Crippen molar-refractivity contribution in [1.29, 1.82) is 0 Å². The maximum Gasteiger partial charge on any atom is 0.410 e. The first-order valence-corrected chi connectivity index (χ1v) is 14.9. The minimum atomic E-state index is -1.01. The minimum absolute atomic E-state index is 0.160. The van der Waals surface area contributed by atoms with Gasteiger partial charge in [-0.25, -0.2) is 4.79 Å². The molecule has 0 radical (unpaired) electrons. The van der Waals surface area contributed by atoms with Gasteiger partial charge in [0, 0.05) is 31.7 Å². The van der Waals surface area contributed by atoms with Crippen molar-refractivity contribution >= 4 is 18.0 Å². The Morgan fingerprint density at radius 1 is 1.02 bits per heavy atom. The van der Waals surface area contributed by atoms with E-state index in [2.05, 4.69) is 37.9 Å². The minimum Gasteiger partial charge on any atom is -0.489 e. The number of fused-ring (bicyclic) bond motifs is 1. The number of carbonyl (C=O) groups excluding carboxylic acids is 3. The third-order valence-corrected chi connectivity index (χ3v) is 7.45. The zero-order chi connectivity index (χ0) is 30.9. The van der Waals surface area contributed by atoms with E-state index in [1.165, 1.54) is 4.90 Å². The molecule has 2 aromatic rings. The highest BCUT2D eigenvalue weighted by molar-refractivity contribution is 5.88. The fourth-order valence-corrected chi connectivity index (χ4v) is 5.14. The largest absolute Gasteiger partial charge is 0.489 e. The average molecular weight is 582 g/mol. The van der Waals surface area contributed by atoms with Gasteiger partial charge < -0.3 is 19.5 Å². The number of rotatable bonds is 13. The number of amides is 2. The lowest BCUT2D eigenvalue weighted by Crippen LogP contribution is -2.49. The van der Waals surface area contributed by atoms with Crippen molar-refractivity contribution < 1.29 is 28.6 Å². The number of nitrogens with one attached hydrogen (secondary N) is 1. The Labute approximate surface area is 250 Å². The first-order valence-electron chi connectivity index (χ1n) is 14.9. The van der Waals surface area contributed by atoms with Gasteiger partial charge in [-0.2, -0.15) is 0 Å². The summed E-state index contributed by atoms with van der Waals surface area (Å²) in [6.45, 7) is 15.5. The van der Waals surface area contributed by atoms with Gasteiger partial charge in [0.25, 0.3) is 0 Å². The van der Waals surface area contributed by atoms with Crippen molar-refractivity contribution in [3.05, 3.63) is 65.2 Å². The van der Waals surface area contributed by atoms with Crippen LogP contribution in [0.3, 0.4) is 0 Å². The number of ether oxygens (including phenoxy) is 3. The van der Waals surface area contributed by atoms with Crippen LogP contribution in [0.1, 0.15) is 71.2 Å². The molecule has 0 saturated heterocycles. The SMILES string of the molecule is CCOC(=O)C(C)(C)COC(=O)N1CCc2cc(OCc3ccccc3)ccc2C1C(=O)NCCN(C(C)C)C(C)C. The van der Waals surface area contributed by atoms with Crippen LogP contribution in [0.25, 0.3) is 0 Å². The number of nitrogens with zero attached hydrogens (tertiary/aromatic N) is 2. The van der Waals surface area contributed by atoms with Crippen LogP contribution in [0.2, 0.25) is 0 Å². The summed E-state index contributed by atoms with van der Waals surface area (Å²) in [6, 6.07) is 15.3. The topological polar surface area (TPSA) is 97.4 Å². The lowest BCUT2D eigenvalue weighted by Gasteiger charge is -2.36. The molecule has 9 heteroatoms. The van der Waals surface area contributed by atoms with Crippen LogP contribution < -0.4 is 10.1 Å². The second-order valence-electron chi connectivity index (χ2n) is 11.9. The molecule has 0 fully saturated rings. The smallest absolute Gasteiger partial charge is 0.410 e. The molecule has 1 atom stereocenters. The maximum absolute atomic E-state index is 13.7. The van der Waals surface area contributed by atoms with Gasteiger partial charge in [-0.3, -0.25) is 19.4 Å². The number of hydrogen-bond donors (Lipinski definition) is 1. The molecule has 2 amide bonds. The lowest BCUT2D eigenvalue weighted by molar-refractivity contribution is -0.155. The summed E-state index contributed by atoms with van der Waals surface area (Å²) in [6.07, 6.45) is -0.111. The Hall–Kier alpha value is -3.59. The van der Waals surface area contributed by atoms with Crippen LogP contribution in [0, 0.1) is 5.41 Å². The van der Waals surface area contributed by atoms with Gasteiger partial charge in [0.1, 0.15) is 25.0 Å². The molecular formula is C33H47N3O6. The summed E-state index contributed by atoms with van der Waals surface area (Å²) in [5.74, 6) is -0.0181. The van der Waals surface area contributed by atoms with Gasteiger partial charge in [-0.05, 0) is 83.7 Å². The van der Waals surface area contributed by atoms with Crippen molar-refractivity contribution in [3.8, 4) is 5.75 Å². The fourth-order valence-electron chi connectivity index (χ4n) is 5.14. The van der Waals surface area contributed by atoms with E-state index in [-0.39, 0.29) is 25.7 Å². The highest BCUT2D eigenvalue weighted by Gasteiger charge is 2.39. The molecule has 42 heavy (non-hydrogen) atoms. The van der Waals surface area contributed by atoms with Gasteiger partial charge in [0.15, 0.2) is 0 Å². The molecule has 1 aliphatic heterocycles. The molecule has 230 valence electrons. The average Bonchev–Trinajstić information content (AvgIpc) is 2.96. The van der Waals surface area contributed by atoms with Gasteiger partial charge in [0.2, 0.25) is 5.91 Å². The van der Waals surface area contributed by atoms with E-state index < -0.39 is 23.5 Å². The predicted octanol–water partition coefficient (Wildman–Crippen LogP) is 5.13. The number of esters is 1. The number of carbonyl (C=O) groups is 3. The van der Waals surface area contributed by atoms with E-state index in [9.17, 15) is 14.4 Å². The Morgan fingerprint density at radius 3 is 2.36 bits per heavy atom. The normalized spacial score (nSPS) is 15.0. The van der Waals surface area contributed by atoms with E-state index in [1.54, 1.807) is 20.8 Å². The first kappa shape index (κ1) is 32.9. The van der Waals surface area contributed by atoms with E-state index in [0.29, 0.717) is 44.0 Å². The standard InChI is InChI=1S/C33H47N3O6/c1-8-40-31(38)33(6,7)22-42-32(39)36-18-16-26-20-27(41-21-25-12-10-9-11-13-25)14-15-28(26)29(36)30(37)34-17-19-35(23(2)3)24(4)5/h9-15,20,23-24,29H,8,16-19,21-22H2,1-7H3,(H,34,37). The highest BCUT2D eigenvalue weighted by atomic mass is 16.6. The van der Waals surface area contributed by atoms with Crippen molar-refractivity contribution in [1.82, 2.24) is 15.1 Å². The molecule has 0 aromatic heterocycles. The van der Waals surface area contributed by atoms with Gasteiger partial charge in [0.05, 0.1) is 12.0 Å². The zero-order valence-electron chi connectivity index (χ0n) is 26.1. The summed E-state index contributed by atoms with van der Waals surface area (Å²) in [5, 5.41) is 3.05. The Bertz CT molecular complexity index is 1190. The Balaban J connectivity index is 1.79. The van der Waals surface area contributed by atoms with Crippen LogP contribution in [-0.4, -0.2) is 72.7 Å². The highest BCUT2D eigenvalue weighted by Crippen LogP contribution is 2.33. The maximum atomic E-state index is 13.7. The molecule has 1 N–H and O–H groups in total. The van der Waals surface area contributed by atoms with Crippen molar-refractivity contribution in [2.45, 2.75) is 79.6 Å². The van der Waals surface area contributed by atoms with E-state index in [0.717, 1.165) is 16.7 Å². The summed E-state index contributed by atoms with van der Waals surface area (Å²) in [7, 11) is 0. The second kappa shape index (κ2) is 15.0. The molecule has 1 unspecified atom stereocenters. The number of hydrogen-bond acceptors (Lipinski definition) is 7. The zero-order valence-corrected chi connectivity index (χ0v) is 26.1. The van der Waals surface area contributed by atoms with Crippen LogP contribution in [0.15, 0.2) is 48.5 Å². The van der Waals surface area contributed by atoms with Crippen LogP contribution in [-0.2, 0) is 32.1 Å². The van der Waals surface area contributed by atoms with Crippen molar-refractivity contribution in [2.24, 2.45) is 5.41 Å². The summed E-state index contributed by atoms with van der Waals surface area (Å²) < 4.78 is 16.7. The number of benzene rings is 2. The van der Waals surface area contributed by atoms with Crippen molar-refractivity contribution in [2.75, 3.05) is 32.8 Å². The third kappa shape index (κ3) is 8.71. The lowest BCUT2D eigenvalue weighted by atomic mass is 9.92. The molecule has 0 saturated carbocycles. The van der Waals surface area contributed by atoms with Crippen LogP contribution >= 0.6 is 0 Å². The van der Waals surface area contributed by atoms with Gasteiger partial charge >= 0.3 is 12.1 Å². The van der Waals surface area contributed by atoms with E-state index >= 15 is 0 Å². The molecule has 2 aromatic carbocycles. The third-order valence-electron chi connectivity index (χ3n) is 7.45. The molecule has 1 aliphatic rings. The van der Waals surface area contributed by atoms with E-state index in [1.807, 2.05) is 48.5 Å². The monoisotopic (exact) mass is 581 g/mol. The Morgan fingerprint density at radius 2 is 1.71 bits per heavy atom. The Kier molecular flexibility index (Phi) is 11.8. The molecule has 3 rings (SSSR count). The summed E-state index contributed by atoms with van der Waals surface area (Å²) in [4.78, 5) is 43.2. The van der Waals surface area contributed by atoms with Gasteiger partial charge in [-0.1, -0.05) is 36.4 Å². The fraction of sp³-hybridized carbons (Fsp3) is 0.545. The first-order chi connectivity index (χ1) is 19.9. The van der Waals surface area contributed by atoms with Crippen LogP contribution in [0.4, 0.5) is 4.79 Å². The van der Waals surface area contributed by atoms with Crippen LogP contribution in [0.5, 0.6) is 5.75 Å². The molecule has 0 spiro atoms. The molecule has 1 heterocycles. The second-order valence-corrected chi connectivity index (χ2v) is 11.9. The van der Waals surface area contributed by atoms with Gasteiger partial charge in [-0.15, -0.1) is 0 Å². The summed E-state index contributed by atoms with van der Waals surface area (Å²) in [5.41, 5.74) is 1.72. The molecule has 9 nitrogen and oxygen atoms in total. The molecule has 0 aliphatic carbocycles. The quantitative estimate of drug-likeness (QED) is 0.328. The van der Waals surface area contributed by atoms with E-state index in [4.69, 9.17) is 14.2 Å². The molecular weight excluding hydrogens is 534 g/mol. The predicted molar refractivity (Wildman–Crippen MR) is 162 cm³/mol. The summed E-state index contributed by atoms with van der Waals surface area (Å²) >= 11 is 0.